The number of carbonyl (C=O) groups excluding carboxylic acids is 1. The van der Waals surface area contributed by atoms with Crippen molar-refractivity contribution in [1.29, 1.82) is 5.26 Å². The summed E-state index contributed by atoms with van der Waals surface area (Å²) in [7, 11) is 0. The minimum Gasteiger partial charge on any atom is -0.395 e. The number of nitrogens with zero attached hydrogens (tertiary/aromatic N) is 5. The van der Waals surface area contributed by atoms with Crippen molar-refractivity contribution >= 4 is 46.1 Å². The smallest absolute Gasteiger partial charge is 0.270 e. The Morgan fingerprint density at radius 3 is 2.44 bits per heavy atom. The summed E-state index contributed by atoms with van der Waals surface area (Å²) < 4.78 is 2.18. The molecule has 0 spiro atoms. The van der Waals surface area contributed by atoms with Gasteiger partial charge in [-0.25, -0.2) is 0 Å². The summed E-state index contributed by atoms with van der Waals surface area (Å²) in [6.45, 7) is 12.5. The van der Waals surface area contributed by atoms with E-state index in [-0.39, 0.29) is 23.6 Å². The zero-order valence-corrected chi connectivity index (χ0v) is 22.0. The lowest BCUT2D eigenvalue weighted by Crippen LogP contribution is -2.49. The van der Waals surface area contributed by atoms with Gasteiger partial charge in [0.05, 0.1) is 11.5 Å². The molecule has 1 aromatic rings. The van der Waals surface area contributed by atoms with E-state index in [9.17, 15) is 20.0 Å². The number of aliphatic hydroxyl groups is 1. The molecule has 0 aliphatic carbocycles. The first kappa shape index (κ1) is 26.4. The fourth-order valence-electron chi connectivity index (χ4n) is 4.31. The number of aromatic nitrogens is 1. The minimum atomic E-state index is -0.308. The van der Waals surface area contributed by atoms with Gasteiger partial charge in [0, 0.05) is 51.4 Å². The Morgan fingerprint density at radius 2 is 1.88 bits per heavy atom. The average Bonchev–Trinajstić information content (AvgIpc) is 3.07. The van der Waals surface area contributed by atoms with Crippen LogP contribution in [0.2, 0.25) is 0 Å². The van der Waals surface area contributed by atoms with Crippen LogP contribution < -0.4 is 10.5 Å². The second-order valence-corrected chi connectivity index (χ2v) is 10.6. The van der Waals surface area contributed by atoms with E-state index in [4.69, 9.17) is 12.2 Å². The minimum absolute atomic E-state index is 0.103. The highest BCUT2D eigenvalue weighted by Gasteiger charge is 2.33. The number of β-amino-alcohol motifs (C(OH)–C–C–N with tert-alkyl or cyclic N) is 1. The molecule has 0 radical (unpaired) electrons. The normalized spacial score (nSPS) is 18.4. The van der Waals surface area contributed by atoms with E-state index in [0.717, 1.165) is 30.9 Å². The third kappa shape index (κ3) is 5.38. The molecule has 3 rings (SSSR count). The number of amides is 1. The van der Waals surface area contributed by atoms with Gasteiger partial charge >= 0.3 is 0 Å². The maximum atomic E-state index is 13.2. The Kier molecular flexibility index (Phi) is 8.93. The van der Waals surface area contributed by atoms with Crippen molar-refractivity contribution < 1.29 is 9.90 Å². The molecule has 2 aliphatic heterocycles. The number of hydrogen-bond donors (Lipinski definition) is 1. The number of thiocarbonyl (C=S) groups is 1. The van der Waals surface area contributed by atoms with E-state index in [2.05, 4.69) is 29.7 Å². The number of hydrogen-bond acceptors (Lipinski definition) is 8. The molecule has 2 saturated heterocycles. The van der Waals surface area contributed by atoms with E-state index < -0.39 is 0 Å². The third-order valence-corrected chi connectivity index (χ3v) is 7.71. The van der Waals surface area contributed by atoms with Crippen molar-refractivity contribution in [2.24, 2.45) is 5.92 Å². The number of pyridine rings is 1. The maximum absolute atomic E-state index is 13.2. The van der Waals surface area contributed by atoms with E-state index in [1.165, 1.54) is 11.8 Å². The molecule has 2 aliphatic rings. The molecule has 0 aromatic carbocycles. The van der Waals surface area contributed by atoms with Crippen molar-refractivity contribution in [2.45, 2.75) is 40.7 Å². The SMILES string of the molecule is CCn1c(N2CCN(CCO)CC2)c(/C=C2\SC(=S)N(CCC(C)C)C2=O)c(C)c(C#N)c1=O. The van der Waals surface area contributed by atoms with Crippen LogP contribution >= 0.6 is 24.0 Å². The molecule has 0 unspecified atom stereocenters. The van der Waals surface area contributed by atoms with Crippen LogP contribution in [0.4, 0.5) is 5.82 Å². The molecule has 0 saturated carbocycles. The van der Waals surface area contributed by atoms with Gasteiger partial charge in [-0.3, -0.25) is 24.0 Å². The molecular weight excluding hydrogens is 470 g/mol. The highest BCUT2D eigenvalue weighted by Crippen LogP contribution is 2.36. The summed E-state index contributed by atoms with van der Waals surface area (Å²) in [6, 6.07) is 2.07. The molecule has 10 heteroatoms. The lowest BCUT2D eigenvalue weighted by Gasteiger charge is -2.37. The van der Waals surface area contributed by atoms with Crippen LogP contribution in [0.15, 0.2) is 9.70 Å². The zero-order chi connectivity index (χ0) is 25.0. The van der Waals surface area contributed by atoms with Gasteiger partial charge in [-0.1, -0.05) is 37.8 Å². The summed E-state index contributed by atoms with van der Waals surface area (Å²) >= 11 is 6.77. The summed E-state index contributed by atoms with van der Waals surface area (Å²) in [5.41, 5.74) is 1.10. The van der Waals surface area contributed by atoms with Gasteiger partial charge in [0.1, 0.15) is 21.8 Å². The molecule has 1 aromatic heterocycles. The fraction of sp³-hybridized carbons (Fsp3) is 0.583. The molecule has 184 valence electrons. The van der Waals surface area contributed by atoms with Crippen LogP contribution in [0.1, 0.15) is 43.9 Å². The Labute approximate surface area is 210 Å². The monoisotopic (exact) mass is 503 g/mol. The Bertz CT molecular complexity index is 1080. The van der Waals surface area contributed by atoms with Crippen LogP contribution in [-0.4, -0.2) is 75.6 Å². The first-order chi connectivity index (χ1) is 16.2. The third-order valence-electron chi connectivity index (χ3n) is 6.33. The predicted molar refractivity (Wildman–Crippen MR) is 141 cm³/mol. The maximum Gasteiger partial charge on any atom is 0.270 e. The van der Waals surface area contributed by atoms with Crippen LogP contribution in [-0.2, 0) is 11.3 Å². The van der Waals surface area contributed by atoms with Gasteiger partial charge in [-0.15, -0.1) is 0 Å². The highest BCUT2D eigenvalue weighted by atomic mass is 32.2. The number of rotatable bonds is 8. The topological polar surface area (TPSA) is 92.8 Å². The van der Waals surface area contributed by atoms with Gasteiger partial charge in [-0.2, -0.15) is 5.26 Å². The van der Waals surface area contributed by atoms with Gasteiger partial charge < -0.3 is 10.0 Å². The quantitative estimate of drug-likeness (QED) is 0.427. The van der Waals surface area contributed by atoms with Gasteiger partial charge in [-0.05, 0) is 37.8 Å². The molecule has 0 atom stereocenters. The summed E-state index contributed by atoms with van der Waals surface area (Å²) in [6.07, 6.45) is 2.67. The average molecular weight is 504 g/mol. The van der Waals surface area contributed by atoms with Gasteiger partial charge in [0.15, 0.2) is 0 Å². The highest BCUT2D eigenvalue weighted by molar-refractivity contribution is 8.26. The molecule has 2 fully saturated rings. The van der Waals surface area contributed by atoms with Crippen LogP contribution in [0, 0.1) is 24.2 Å². The lowest BCUT2D eigenvalue weighted by atomic mass is 10.0. The molecule has 8 nitrogen and oxygen atoms in total. The molecule has 1 amide bonds. The first-order valence-electron chi connectivity index (χ1n) is 11.7. The molecular formula is C24H33N5O3S2. The fourth-order valence-corrected chi connectivity index (χ4v) is 5.60. The second kappa shape index (κ2) is 11.5. The first-order valence-corrected chi connectivity index (χ1v) is 13.0. The van der Waals surface area contributed by atoms with Gasteiger partial charge in [0.2, 0.25) is 0 Å². The van der Waals surface area contributed by atoms with Crippen molar-refractivity contribution in [1.82, 2.24) is 14.4 Å². The summed E-state index contributed by atoms with van der Waals surface area (Å²) in [5, 5.41) is 19.0. The largest absolute Gasteiger partial charge is 0.395 e. The van der Waals surface area contributed by atoms with E-state index >= 15 is 0 Å². The Hall–Kier alpha value is -2.19. The van der Waals surface area contributed by atoms with Crippen LogP contribution in [0.25, 0.3) is 6.08 Å². The second-order valence-electron chi connectivity index (χ2n) is 8.97. The van der Waals surface area contributed by atoms with Gasteiger partial charge in [0.25, 0.3) is 11.5 Å². The van der Waals surface area contributed by atoms with Crippen LogP contribution in [0.3, 0.4) is 0 Å². The number of nitriles is 1. The van der Waals surface area contributed by atoms with E-state index in [1.54, 1.807) is 16.4 Å². The molecule has 1 N–H and O–H groups in total. The number of thioether (sulfide) groups is 1. The summed E-state index contributed by atoms with van der Waals surface area (Å²) in [5.74, 6) is 1.07. The number of anilines is 1. The van der Waals surface area contributed by atoms with E-state index in [0.29, 0.717) is 53.4 Å². The lowest BCUT2D eigenvalue weighted by molar-refractivity contribution is -0.122. The van der Waals surface area contributed by atoms with Crippen molar-refractivity contribution in [3.63, 3.8) is 0 Å². The van der Waals surface area contributed by atoms with E-state index in [1.807, 2.05) is 13.0 Å². The molecule has 3 heterocycles. The zero-order valence-electron chi connectivity index (χ0n) is 20.3. The standard InChI is InChI=1S/C24H33N5O3S2/c1-5-28-21(27-10-8-26(9-11-27)12-13-30)18(17(4)19(15-25)22(28)31)14-20-23(32)29(24(33)34-20)7-6-16(2)3/h14,16,30H,5-13H2,1-4H3/b20-14-. The number of piperazine rings is 1. The van der Waals surface area contributed by atoms with Crippen molar-refractivity contribution in [2.75, 3.05) is 50.8 Å². The summed E-state index contributed by atoms with van der Waals surface area (Å²) in [4.78, 5) is 32.8. The Balaban J connectivity index is 2.08. The van der Waals surface area contributed by atoms with Crippen molar-refractivity contribution in [3.8, 4) is 6.07 Å². The van der Waals surface area contributed by atoms with Crippen molar-refractivity contribution in [3.05, 3.63) is 31.9 Å². The predicted octanol–water partition coefficient (Wildman–Crippen LogP) is 2.41. The number of aliphatic hydroxyl groups excluding tert-OH is 1. The molecule has 34 heavy (non-hydrogen) atoms. The number of carbonyl (C=O) groups is 1. The van der Waals surface area contributed by atoms with Crippen LogP contribution in [0.5, 0.6) is 0 Å². The molecule has 0 bridgehead atoms. The Morgan fingerprint density at radius 1 is 1.21 bits per heavy atom.